The van der Waals surface area contributed by atoms with Crippen molar-refractivity contribution in [1.29, 1.82) is 0 Å². The Morgan fingerprint density at radius 2 is 2.04 bits per heavy atom. The van der Waals surface area contributed by atoms with E-state index in [0.29, 0.717) is 18.2 Å². The lowest BCUT2D eigenvalue weighted by Crippen LogP contribution is -2.09. The number of aromatic amines is 2. The average molecular weight is 309 g/mol. The highest BCUT2D eigenvalue weighted by Crippen LogP contribution is 2.29. The van der Waals surface area contributed by atoms with Gasteiger partial charge in [0.05, 0.1) is 6.54 Å². The summed E-state index contributed by atoms with van der Waals surface area (Å²) < 4.78 is 0. The van der Waals surface area contributed by atoms with Gasteiger partial charge in [-0.15, -0.1) is 0 Å². The summed E-state index contributed by atoms with van der Waals surface area (Å²) in [5, 5.41) is 9.52. The first-order valence-electron chi connectivity index (χ1n) is 7.47. The van der Waals surface area contributed by atoms with Crippen LogP contribution in [0, 0.1) is 0 Å². The van der Waals surface area contributed by atoms with Crippen molar-refractivity contribution in [3.63, 3.8) is 0 Å². The number of nitrogens with zero attached hydrogens (tertiary/aromatic N) is 4. The van der Waals surface area contributed by atoms with Crippen molar-refractivity contribution in [1.82, 2.24) is 30.1 Å². The maximum atomic E-state index is 11.1. The van der Waals surface area contributed by atoms with E-state index in [0.717, 1.165) is 41.9 Å². The lowest BCUT2D eigenvalue weighted by molar-refractivity contribution is 0.899. The Balaban J connectivity index is 1.67. The van der Waals surface area contributed by atoms with Crippen molar-refractivity contribution in [3.05, 3.63) is 52.1 Å². The molecule has 3 N–H and O–H groups in total. The summed E-state index contributed by atoms with van der Waals surface area (Å²) in [6.45, 7) is 0.401. The number of aromatic nitrogens is 6. The van der Waals surface area contributed by atoms with Gasteiger partial charge in [0.25, 0.3) is 0 Å². The molecule has 3 heterocycles. The normalized spacial score (nSPS) is 13.0. The van der Waals surface area contributed by atoms with Crippen LogP contribution in [0.25, 0.3) is 11.4 Å². The molecule has 0 radical (unpaired) electrons. The molecule has 0 saturated carbocycles. The highest BCUT2D eigenvalue weighted by atomic mass is 16.1. The van der Waals surface area contributed by atoms with E-state index < -0.39 is 0 Å². The molecule has 116 valence electrons. The van der Waals surface area contributed by atoms with Crippen LogP contribution in [0.2, 0.25) is 0 Å². The molecule has 8 heteroatoms. The number of H-pyrrole nitrogens is 2. The topological polar surface area (TPSA) is 112 Å². The number of rotatable bonds is 4. The highest BCUT2D eigenvalue weighted by Gasteiger charge is 2.20. The van der Waals surface area contributed by atoms with Crippen molar-refractivity contribution in [3.8, 4) is 11.4 Å². The van der Waals surface area contributed by atoms with E-state index in [4.69, 9.17) is 0 Å². The Hall–Kier alpha value is -3.03. The second-order valence-electron chi connectivity index (χ2n) is 5.39. The molecular weight excluding hydrogens is 294 g/mol. The van der Waals surface area contributed by atoms with Crippen LogP contribution in [0.4, 0.5) is 5.82 Å². The number of hydrogen-bond acceptors (Lipinski definition) is 6. The lowest BCUT2D eigenvalue weighted by atomic mass is 10.2. The molecule has 0 bridgehead atoms. The quantitative estimate of drug-likeness (QED) is 0.664. The first-order chi connectivity index (χ1) is 11.3. The molecule has 0 amide bonds. The average Bonchev–Trinajstić information content (AvgIpc) is 3.22. The maximum Gasteiger partial charge on any atom is 0.340 e. The third-order valence-electron chi connectivity index (χ3n) is 3.85. The Morgan fingerprint density at radius 1 is 1.17 bits per heavy atom. The second kappa shape index (κ2) is 5.64. The van der Waals surface area contributed by atoms with Gasteiger partial charge in [0.2, 0.25) is 0 Å². The SMILES string of the molecule is O=c1[nH]nc(CNc2nc(-c3ccncc3)nc3c2CCC3)[nH]1. The summed E-state index contributed by atoms with van der Waals surface area (Å²) in [4.78, 5) is 27.1. The van der Waals surface area contributed by atoms with Gasteiger partial charge < -0.3 is 5.32 Å². The van der Waals surface area contributed by atoms with Crippen LogP contribution >= 0.6 is 0 Å². The van der Waals surface area contributed by atoms with Gasteiger partial charge in [0, 0.05) is 29.2 Å². The second-order valence-corrected chi connectivity index (χ2v) is 5.39. The molecule has 0 atom stereocenters. The predicted octanol–water partition coefficient (Wildman–Crippen LogP) is 1.05. The van der Waals surface area contributed by atoms with E-state index >= 15 is 0 Å². The third kappa shape index (κ3) is 2.70. The molecule has 0 fully saturated rings. The number of hydrogen-bond donors (Lipinski definition) is 3. The highest BCUT2D eigenvalue weighted by molar-refractivity contribution is 5.60. The number of anilines is 1. The molecule has 3 aromatic heterocycles. The molecule has 4 rings (SSSR count). The molecule has 1 aliphatic rings. The number of nitrogens with one attached hydrogen (secondary N) is 3. The van der Waals surface area contributed by atoms with Crippen molar-refractivity contribution >= 4 is 5.82 Å². The van der Waals surface area contributed by atoms with Crippen LogP contribution in [0.15, 0.2) is 29.3 Å². The minimum Gasteiger partial charge on any atom is -0.362 e. The molecular formula is C15H15N7O. The van der Waals surface area contributed by atoms with Gasteiger partial charge in [-0.2, -0.15) is 5.10 Å². The van der Waals surface area contributed by atoms with E-state index in [-0.39, 0.29) is 5.69 Å². The largest absolute Gasteiger partial charge is 0.362 e. The van der Waals surface area contributed by atoms with Gasteiger partial charge in [0.1, 0.15) is 11.6 Å². The molecule has 1 aliphatic carbocycles. The summed E-state index contributed by atoms with van der Waals surface area (Å²) in [6.07, 6.45) is 6.47. The molecule has 0 saturated heterocycles. The molecule has 8 nitrogen and oxygen atoms in total. The standard InChI is InChI=1S/C15H15N7O/c23-15-19-12(21-22-15)8-17-14-10-2-1-3-11(10)18-13(20-14)9-4-6-16-7-5-9/h4-7H,1-3,8H2,(H,17,18,20)(H2,19,21,22,23). The van der Waals surface area contributed by atoms with E-state index in [1.807, 2.05) is 12.1 Å². The summed E-state index contributed by atoms with van der Waals surface area (Å²) in [5.41, 5.74) is 2.86. The molecule has 0 aromatic carbocycles. The predicted molar refractivity (Wildman–Crippen MR) is 83.8 cm³/mol. The summed E-state index contributed by atoms with van der Waals surface area (Å²) >= 11 is 0. The number of pyridine rings is 1. The van der Waals surface area contributed by atoms with E-state index in [1.54, 1.807) is 12.4 Å². The minimum atomic E-state index is -0.313. The fraction of sp³-hybridized carbons (Fsp3) is 0.267. The van der Waals surface area contributed by atoms with Gasteiger partial charge in [-0.1, -0.05) is 0 Å². The van der Waals surface area contributed by atoms with Crippen LogP contribution in [-0.2, 0) is 19.4 Å². The zero-order chi connectivity index (χ0) is 15.6. The Morgan fingerprint density at radius 3 is 2.83 bits per heavy atom. The smallest absolute Gasteiger partial charge is 0.340 e. The molecule has 3 aromatic rings. The molecule has 0 unspecified atom stereocenters. The van der Waals surface area contributed by atoms with Crippen LogP contribution < -0.4 is 11.0 Å². The van der Waals surface area contributed by atoms with Gasteiger partial charge in [-0.05, 0) is 31.4 Å². The molecule has 23 heavy (non-hydrogen) atoms. The van der Waals surface area contributed by atoms with Gasteiger partial charge in [0.15, 0.2) is 5.82 Å². The number of aryl methyl sites for hydroxylation is 1. The molecule has 0 spiro atoms. The Kier molecular flexibility index (Phi) is 3.34. The zero-order valence-corrected chi connectivity index (χ0v) is 12.3. The Labute approximate surface area is 131 Å². The first-order valence-corrected chi connectivity index (χ1v) is 7.47. The fourth-order valence-electron chi connectivity index (χ4n) is 2.77. The minimum absolute atomic E-state index is 0.313. The maximum absolute atomic E-state index is 11.1. The van der Waals surface area contributed by atoms with E-state index in [2.05, 4.69) is 35.5 Å². The van der Waals surface area contributed by atoms with Crippen molar-refractivity contribution in [2.45, 2.75) is 25.8 Å². The Bertz CT molecular complexity index is 884. The first kappa shape index (κ1) is 13.6. The summed E-state index contributed by atoms with van der Waals surface area (Å²) in [7, 11) is 0. The van der Waals surface area contributed by atoms with Crippen LogP contribution in [-0.4, -0.2) is 30.1 Å². The van der Waals surface area contributed by atoms with Crippen molar-refractivity contribution < 1.29 is 0 Å². The van der Waals surface area contributed by atoms with Gasteiger partial charge in [-0.25, -0.2) is 19.9 Å². The van der Waals surface area contributed by atoms with Gasteiger partial charge >= 0.3 is 5.69 Å². The van der Waals surface area contributed by atoms with Crippen LogP contribution in [0.5, 0.6) is 0 Å². The molecule has 0 aliphatic heterocycles. The van der Waals surface area contributed by atoms with E-state index in [9.17, 15) is 4.79 Å². The van der Waals surface area contributed by atoms with Crippen LogP contribution in [0.3, 0.4) is 0 Å². The van der Waals surface area contributed by atoms with E-state index in [1.165, 1.54) is 0 Å². The van der Waals surface area contributed by atoms with Crippen LogP contribution in [0.1, 0.15) is 23.5 Å². The van der Waals surface area contributed by atoms with Crippen molar-refractivity contribution in [2.75, 3.05) is 5.32 Å². The van der Waals surface area contributed by atoms with Crippen molar-refractivity contribution in [2.24, 2.45) is 0 Å². The van der Waals surface area contributed by atoms with Gasteiger partial charge in [-0.3, -0.25) is 9.97 Å². The number of fused-ring (bicyclic) bond motifs is 1. The zero-order valence-electron chi connectivity index (χ0n) is 12.3. The lowest BCUT2D eigenvalue weighted by Gasteiger charge is -2.11. The summed E-state index contributed by atoms with van der Waals surface area (Å²) in [5.74, 6) is 2.04. The third-order valence-corrected chi connectivity index (χ3v) is 3.85. The summed E-state index contributed by atoms with van der Waals surface area (Å²) in [6, 6.07) is 3.79. The fourth-order valence-corrected chi connectivity index (χ4v) is 2.77. The monoisotopic (exact) mass is 309 g/mol.